The molecule has 0 heterocycles. The Morgan fingerprint density at radius 2 is 1.93 bits per heavy atom. The monoisotopic (exact) mass is 398 g/mol. The Kier molecular flexibility index (Phi) is 6.97. The van der Waals surface area contributed by atoms with Crippen LogP contribution in [0.4, 0.5) is 15.8 Å². The van der Waals surface area contributed by atoms with Gasteiger partial charge in [0.05, 0.1) is 16.5 Å². The van der Waals surface area contributed by atoms with Gasteiger partial charge in [-0.15, -0.1) is 13.2 Å². The van der Waals surface area contributed by atoms with Gasteiger partial charge in [0.1, 0.15) is 5.82 Å². The molecule has 2 N–H and O–H groups in total. The molecule has 29 heavy (non-hydrogen) atoms. The van der Waals surface area contributed by atoms with E-state index in [1.54, 1.807) is 0 Å². The Labute approximate surface area is 166 Å². The molecule has 8 heteroatoms. The molecule has 2 aromatic rings. The molecule has 0 aliphatic carbocycles. The molecule has 0 fully saturated rings. The van der Waals surface area contributed by atoms with Crippen LogP contribution in [-0.2, 0) is 9.59 Å². The number of nitro benzene ring substituents is 1. The minimum Gasteiger partial charge on any atom is -0.481 e. The maximum Gasteiger partial charge on any atom is 0.311 e. The molecule has 0 aromatic heterocycles. The van der Waals surface area contributed by atoms with E-state index in [2.05, 4.69) is 18.5 Å². The van der Waals surface area contributed by atoms with Gasteiger partial charge in [0.25, 0.3) is 5.69 Å². The topological polar surface area (TPSA) is 110 Å². The Morgan fingerprint density at radius 3 is 2.52 bits per heavy atom. The number of carboxylic acid groups (broad SMARTS) is 1. The van der Waals surface area contributed by atoms with Crippen molar-refractivity contribution in [3.8, 4) is 11.1 Å². The smallest absolute Gasteiger partial charge is 0.311 e. The summed E-state index contributed by atoms with van der Waals surface area (Å²) in [5.74, 6) is -3.26. The first-order chi connectivity index (χ1) is 13.8. The van der Waals surface area contributed by atoms with Crippen LogP contribution >= 0.6 is 0 Å². The second kappa shape index (κ2) is 9.41. The number of hydrogen-bond donors (Lipinski definition) is 2. The number of halogens is 1. The molecule has 0 spiro atoms. The number of nitro groups is 1. The van der Waals surface area contributed by atoms with Crippen LogP contribution < -0.4 is 5.32 Å². The molecule has 1 atom stereocenters. The highest BCUT2D eigenvalue weighted by molar-refractivity contribution is 5.96. The predicted octanol–water partition coefficient (Wildman–Crippen LogP) is 4.66. The van der Waals surface area contributed by atoms with Crippen molar-refractivity contribution in [2.24, 2.45) is 0 Å². The van der Waals surface area contributed by atoms with Crippen LogP contribution in [0.5, 0.6) is 0 Å². The molecule has 0 aliphatic rings. The summed E-state index contributed by atoms with van der Waals surface area (Å²) in [6.07, 6.45) is 2.88. The fraction of sp³-hybridized carbons (Fsp3) is 0.143. The van der Waals surface area contributed by atoms with E-state index < -0.39 is 28.5 Å². The van der Waals surface area contributed by atoms with Crippen molar-refractivity contribution in [1.29, 1.82) is 0 Å². The molecule has 2 aromatic carbocycles. The Balaban J connectivity index is 2.61. The van der Waals surface area contributed by atoms with Gasteiger partial charge in [-0.1, -0.05) is 12.2 Å². The lowest BCUT2D eigenvalue weighted by molar-refractivity contribution is -0.384. The summed E-state index contributed by atoms with van der Waals surface area (Å²) in [6, 6.07) is 7.54. The molecule has 7 nitrogen and oxygen atoms in total. The third kappa shape index (κ3) is 5.35. The van der Waals surface area contributed by atoms with Crippen molar-refractivity contribution in [2.45, 2.75) is 18.8 Å². The number of carboxylic acids is 1. The van der Waals surface area contributed by atoms with Gasteiger partial charge >= 0.3 is 5.97 Å². The number of carbonyl (C=O) groups excluding carboxylic acids is 1. The molecular formula is C21H19FN2O5. The average molecular weight is 398 g/mol. The second-order valence-electron chi connectivity index (χ2n) is 6.22. The minimum atomic E-state index is -1.13. The van der Waals surface area contributed by atoms with E-state index in [1.165, 1.54) is 42.5 Å². The van der Waals surface area contributed by atoms with E-state index in [4.69, 9.17) is 0 Å². The van der Waals surface area contributed by atoms with Gasteiger partial charge in [0.15, 0.2) is 0 Å². The molecule has 150 valence electrons. The number of carbonyl (C=O) groups is 2. The lowest BCUT2D eigenvalue weighted by Gasteiger charge is -2.15. The number of nitrogens with one attached hydrogen (secondary N) is 1. The number of hydrogen-bond acceptors (Lipinski definition) is 4. The van der Waals surface area contributed by atoms with E-state index in [1.807, 2.05) is 0 Å². The van der Waals surface area contributed by atoms with E-state index in [0.717, 1.165) is 6.07 Å². The maximum absolute atomic E-state index is 14.3. The van der Waals surface area contributed by atoms with Gasteiger partial charge in [-0.25, -0.2) is 4.39 Å². The van der Waals surface area contributed by atoms with Gasteiger partial charge in [-0.05, 0) is 41.8 Å². The summed E-state index contributed by atoms with van der Waals surface area (Å²) >= 11 is 0. The standard InChI is InChI=1S/C21H19FN2O5/c1-3-5-18(21(26)27)14-9-13(10-15(22)11-14)17-8-7-16(24(28)29)12-19(17)23-20(25)6-4-2/h3-4,7-12,18H,1-2,5-6H2,(H,23,25)(H,26,27). The van der Waals surface area contributed by atoms with Crippen molar-refractivity contribution in [3.05, 3.63) is 83.2 Å². The summed E-state index contributed by atoms with van der Waals surface area (Å²) in [4.78, 5) is 34.0. The fourth-order valence-electron chi connectivity index (χ4n) is 2.85. The fourth-order valence-corrected chi connectivity index (χ4v) is 2.85. The summed E-state index contributed by atoms with van der Waals surface area (Å²) in [5.41, 5.74) is 0.664. The molecule has 0 bridgehead atoms. The van der Waals surface area contributed by atoms with Crippen LogP contribution in [0.1, 0.15) is 24.3 Å². The number of benzene rings is 2. The van der Waals surface area contributed by atoms with E-state index >= 15 is 0 Å². The van der Waals surface area contributed by atoms with E-state index in [0.29, 0.717) is 5.56 Å². The summed E-state index contributed by atoms with van der Waals surface area (Å²) in [7, 11) is 0. The highest BCUT2D eigenvalue weighted by Gasteiger charge is 2.21. The van der Waals surface area contributed by atoms with Gasteiger partial charge in [-0.3, -0.25) is 19.7 Å². The Bertz CT molecular complexity index is 987. The summed E-state index contributed by atoms with van der Waals surface area (Å²) in [5, 5.41) is 23.1. The van der Waals surface area contributed by atoms with Gasteiger partial charge in [0, 0.05) is 24.1 Å². The molecular weight excluding hydrogens is 379 g/mol. The Morgan fingerprint density at radius 1 is 1.21 bits per heavy atom. The number of amides is 1. The zero-order valence-electron chi connectivity index (χ0n) is 15.4. The maximum atomic E-state index is 14.3. The molecule has 1 unspecified atom stereocenters. The molecule has 1 amide bonds. The second-order valence-corrected chi connectivity index (χ2v) is 6.22. The SMILES string of the molecule is C=CCC(=O)Nc1cc([N+](=O)[O-])ccc1-c1cc(F)cc(C(CC=C)C(=O)O)c1. The predicted molar refractivity (Wildman–Crippen MR) is 107 cm³/mol. The first-order valence-electron chi connectivity index (χ1n) is 8.60. The van der Waals surface area contributed by atoms with Crippen LogP contribution in [0.15, 0.2) is 61.7 Å². The zero-order chi connectivity index (χ0) is 21.6. The van der Waals surface area contributed by atoms with Crippen molar-refractivity contribution in [2.75, 3.05) is 5.32 Å². The Hall–Kier alpha value is -3.81. The van der Waals surface area contributed by atoms with Crippen molar-refractivity contribution in [3.63, 3.8) is 0 Å². The van der Waals surface area contributed by atoms with Crippen molar-refractivity contribution >= 4 is 23.3 Å². The normalized spacial score (nSPS) is 11.3. The first-order valence-corrected chi connectivity index (χ1v) is 8.60. The molecule has 0 saturated carbocycles. The lowest BCUT2D eigenvalue weighted by Crippen LogP contribution is -2.12. The highest BCUT2D eigenvalue weighted by atomic mass is 19.1. The molecule has 0 saturated heterocycles. The summed E-state index contributed by atoms with van der Waals surface area (Å²) in [6.45, 7) is 6.99. The largest absolute Gasteiger partial charge is 0.481 e. The third-order valence-corrected chi connectivity index (χ3v) is 4.15. The number of non-ortho nitro benzene ring substituents is 1. The van der Waals surface area contributed by atoms with Gasteiger partial charge < -0.3 is 10.4 Å². The number of rotatable bonds is 9. The number of aliphatic carboxylic acids is 1. The molecule has 0 aliphatic heterocycles. The minimum absolute atomic E-state index is 0.0169. The molecule has 0 radical (unpaired) electrons. The summed E-state index contributed by atoms with van der Waals surface area (Å²) < 4.78 is 14.3. The number of allylic oxidation sites excluding steroid dienone is 1. The molecule has 2 rings (SSSR count). The van der Waals surface area contributed by atoms with Crippen molar-refractivity contribution in [1.82, 2.24) is 0 Å². The van der Waals surface area contributed by atoms with Crippen LogP contribution in [0, 0.1) is 15.9 Å². The zero-order valence-corrected chi connectivity index (χ0v) is 15.4. The van der Waals surface area contributed by atoms with Gasteiger partial charge in [0.2, 0.25) is 5.91 Å². The highest BCUT2D eigenvalue weighted by Crippen LogP contribution is 2.34. The number of anilines is 1. The van der Waals surface area contributed by atoms with Crippen LogP contribution in [0.3, 0.4) is 0 Å². The van der Waals surface area contributed by atoms with E-state index in [9.17, 15) is 29.2 Å². The average Bonchev–Trinajstić information content (AvgIpc) is 2.65. The quantitative estimate of drug-likeness (QED) is 0.363. The van der Waals surface area contributed by atoms with Crippen molar-refractivity contribution < 1.29 is 24.0 Å². The van der Waals surface area contributed by atoms with Crippen LogP contribution in [0.2, 0.25) is 0 Å². The first kappa shape index (κ1) is 21.5. The van der Waals surface area contributed by atoms with Crippen LogP contribution in [0.25, 0.3) is 11.1 Å². The van der Waals surface area contributed by atoms with E-state index in [-0.39, 0.29) is 35.3 Å². The third-order valence-electron chi connectivity index (χ3n) is 4.15. The van der Waals surface area contributed by atoms with Gasteiger partial charge in [-0.2, -0.15) is 0 Å². The van der Waals surface area contributed by atoms with Crippen LogP contribution in [-0.4, -0.2) is 21.9 Å². The lowest BCUT2D eigenvalue weighted by atomic mass is 9.92. The number of nitrogens with zero attached hydrogens (tertiary/aromatic N) is 1.